The topological polar surface area (TPSA) is 75.9 Å². The van der Waals surface area contributed by atoms with Crippen LogP contribution in [0.5, 0.6) is 0 Å². The molecule has 3 rings (SSSR count). The number of hydrogen-bond acceptors (Lipinski definition) is 5. The van der Waals surface area contributed by atoms with E-state index < -0.39 is 5.54 Å². The van der Waals surface area contributed by atoms with Gasteiger partial charge in [-0.25, -0.2) is 9.97 Å². The van der Waals surface area contributed by atoms with Gasteiger partial charge in [-0.2, -0.15) is 5.10 Å². The van der Waals surface area contributed by atoms with Crippen molar-refractivity contribution in [3.05, 3.63) is 48.4 Å². The minimum absolute atomic E-state index is 0.0528. The van der Waals surface area contributed by atoms with Crippen molar-refractivity contribution in [3.8, 4) is 0 Å². The maximum atomic E-state index is 9.85. The normalized spacial score (nSPS) is 14.0. The molecule has 0 amide bonds. The Morgan fingerprint density at radius 2 is 2.00 bits per heavy atom. The summed E-state index contributed by atoms with van der Waals surface area (Å²) in [6.45, 7) is 1.88. The van der Waals surface area contributed by atoms with E-state index in [-0.39, 0.29) is 6.61 Å². The fraction of sp³-hybridized carbons (Fsp3) is 0.267. The quantitative estimate of drug-likeness (QED) is 0.762. The zero-order valence-electron chi connectivity index (χ0n) is 12.0. The van der Waals surface area contributed by atoms with E-state index in [1.54, 1.807) is 10.9 Å². The smallest absolute Gasteiger partial charge is 0.163 e. The van der Waals surface area contributed by atoms with Crippen molar-refractivity contribution in [3.63, 3.8) is 0 Å². The lowest BCUT2D eigenvalue weighted by molar-refractivity contribution is 0.224. The first-order chi connectivity index (χ1) is 10.1. The highest BCUT2D eigenvalue weighted by Gasteiger charge is 2.27. The summed E-state index contributed by atoms with van der Waals surface area (Å²) in [5.41, 5.74) is 1.11. The van der Waals surface area contributed by atoms with Crippen LogP contribution in [0, 0.1) is 0 Å². The lowest BCUT2D eigenvalue weighted by Crippen LogP contribution is -2.36. The zero-order valence-corrected chi connectivity index (χ0v) is 12.0. The maximum absolute atomic E-state index is 9.85. The molecule has 21 heavy (non-hydrogen) atoms. The number of aryl methyl sites for hydroxylation is 1. The molecule has 0 fully saturated rings. The molecule has 0 saturated carbocycles. The Labute approximate surface area is 122 Å². The molecule has 108 valence electrons. The summed E-state index contributed by atoms with van der Waals surface area (Å²) in [6, 6.07) is 9.80. The van der Waals surface area contributed by atoms with E-state index in [0.29, 0.717) is 5.82 Å². The van der Waals surface area contributed by atoms with E-state index in [2.05, 4.69) is 20.4 Å². The van der Waals surface area contributed by atoms with Crippen molar-refractivity contribution in [1.29, 1.82) is 0 Å². The van der Waals surface area contributed by atoms with E-state index in [1.807, 2.05) is 44.3 Å². The van der Waals surface area contributed by atoms with Crippen LogP contribution < -0.4 is 5.32 Å². The molecule has 0 saturated heterocycles. The van der Waals surface area contributed by atoms with Gasteiger partial charge in [0.15, 0.2) is 5.65 Å². The number of aliphatic hydroxyl groups is 1. The van der Waals surface area contributed by atoms with Gasteiger partial charge >= 0.3 is 0 Å². The van der Waals surface area contributed by atoms with Gasteiger partial charge in [-0.1, -0.05) is 30.3 Å². The molecule has 6 heteroatoms. The molecular weight excluding hydrogens is 266 g/mol. The molecule has 1 aromatic carbocycles. The predicted molar refractivity (Wildman–Crippen MR) is 80.8 cm³/mol. The van der Waals surface area contributed by atoms with Crippen LogP contribution in [0.2, 0.25) is 0 Å². The first-order valence-electron chi connectivity index (χ1n) is 6.71. The van der Waals surface area contributed by atoms with Crippen LogP contribution in [-0.4, -0.2) is 31.5 Å². The Morgan fingerprint density at radius 1 is 1.24 bits per heavy atom. The second kappa shape index (κ2) is 5.14. The Balaban J connectivity index is 2.04. The monoisotopic (exact) mass is 283 g/mol. The van der Waals surface area contributed by atoms with E-state index >= 15 is 0 Å². The largest absolute Gasteiger partial charge is 0.394 e. The van der Waals surface area contributed by atoms with Gasteiger partial charge in [0.25, 0.3) is 0 Å². The number of benzene rings is 1. The Morgan fingerprint density at radius 3 is 2.71 bits per heavy atom. The van der Waals surface area contributed by atoms with Gasteiger partial charge in [-0.3, -0.25) is 4.68 Å². The molecule has 0 bridgehead atoms. The average molecular weight is 283 g/mol. The van der Waals surface area contributed by atoms with Crippen molar-refractivity contribution in [1.82, 2.24) is 19.7 Å². The van der Waals surface area contributed by atoms with Crippen molar-refractivity contribution in [2.24, 2.45) is 7.05 Å². The number of aliphatic hydroxyl groups excluding tert-OH is 1. The Kier molecular flexibility index (Phi) is 3.31. The first kappa shape index (κ1) is 13.5. The van der Waals surface area contributed by atoms with Crippen LogP contribution in [0.15, 0.2) is 42.9 Å². The summed E-state index contributed by atoms with van der Waals surface area (Å²) in [5, 5.41) is 18.2. The van der Waals surface area contributed by atoms with Gasteiger partial charge < -0.3 is 10.4 Å². The molecule has 2 N–H and O–H groups in total. The van der Waals surface area contributed by atoms with Crippen molar-refractivity contribution in [2.45, 2.75) is 12.5 Å². The SMILES string of the molecule is Cn1ncc2c(NC(C)(CO)c3ccccc3)ncnc21. The molecule has 3 aromatic rings. The second-order valence-electron chi connectivity index (χ2n) is 5.21. The zero-order chi connectivity index (χ0) is 14.9. The third-order valence-electron chi connectivity index (χ3n) is 3.65. The van der Waals surface area contributed by atoms with E-state index in [9.17, 15) is 5.11 Å². The summed E-state index contributed by atoms with van der Waals surface area (Å²) in [6.07, 6.45) is 3.22. The fourth-order valence-electron chi connectivity index (χ4n) is 2.33. The number of anilines is 1. The van der Waals surface area contributed by atoms with Crippen LogP contribution >= 0.6 is 0 Å². The Bertz CT molecular complexity index is 755. The lowest BCUT2D eigenvalue weighted by atomic mass is 9.93. The lowest BCUT2D eigenvalue weighted by Gasteiger charge is -2.30. The molecule has 1 unspecified atom stereocenters. The van der Waals surface area contributed by atoms with E-state index in [1.165, 1.54) is 6.33 Å². The highest BCUT2D eigenvalue weighted by atomic mass is 16.3. The van der Waals surface area contributed by atoms with Crippen LogP contribution in [0.25, 0.3) is 11.0 Å². The number of nitrogens with zero attached hydrogens (tertiary/aromatic N) is 4. The number of fused-ring (bicyclic) bond motifs is 1. The van der Waals surface area contributed by atoms with Crippen LogP contribution in [0.1, 0.15) is 12.5 Å². The molecule has 0 aliphatic rings. The molecule has 6 nitrogen and oxygen atoms in total. The van der Waals surface area contributed by atoms with Gasteiger partial charge in [0.05, 0.1) is 23.7 Å². The third kappa shape index (κ3) is 2.34. The summed E-state index contributed by atoms with van der Waals surface area (Å²) >= 11 is 0. The summed E-state index contributed by atoms with van der Waals surface area (Å²) in [4.78, 5) is 8.51. The van der Waals surface area contributed by atoms with Gasteiger partial charge in [0.2, 0.25) is 0 Å². The first-order valence-corrected chi connectivity index (χ1v) is 6.71. The molecule has 0 aliphatic carbocycles. The minimum Gasteiger partial charge on any atom is -0.394 e. The summed E-state index contributed by atoms with van der Waals surface area (Å²) < 4.78 is 1.70. The van der Waals surface area contributed by atoms with Crippen molar-refractivity contribution >= 4 is 16.9 Å². The number of rotatable bonds is 4. The fourth-order valence-corrected chi connectivity index (χ4v) is 2.33. The molecule has 2 aromatic heterocycles. The van der Waals surface area contributed by atoms with Gasteiger partial charge in [0.1, 0.15) is 12.1 Å². The van der Waals surface area contributed by atoms with E-state index in [0.717, 1.165) is 16.6 Å². The highest BCUT2D eigenvalue weighted by molar-refractivity contribution is 5.86. The van der Waals surface area contributed by atoms with Gasteiger partial charge in [0, 0.05) is 7.05 Å². The maximum Gasteiger partial charge on any atom is 0.163 e. The third-order valence-corrected chi connectivity index (χ3v) is 3.65. The number of aromatic nitrogens is 4. The molecule has 0 radical (unpaired) electrons. The van der Waals surface area contributed by atoms with Gasteiger partial charge in [-0.05, 0) is 12.5 Å². The minimum atomic E-state index is -0.627. The van der Waals surface area contributed by atoms with Crippen molar-refractivity contribution < 1.29 is 5.11 Å². The van der Waals surface area contributed by atoms with Crippen LogP contribution in [0.3, 0.4) is 0 Å². The molecule has 2 heterocycles. The van der Waals surface area contributed by atoms with Crippen LogP contribution in [0.4, 0.5) is 5.82 Å². The molecule has 0 spiro atoms. The van der Waals surface area contributed by atoms with E-state index in [4.69, 9.17) is 0 Å². The summed E-state index contributed by atoms with van der Waals surface area (Å²) in [5.74, 6) is 0.661. The average Bonchev–Trinajstić information content (AvgIpc) is 2.91. The highest BCUT2D eigenvalue weighted by Crippen LogP contribution is 2.28. The van der Waals surface area contributed by atoms with Crippen molar-refractivity contribution in [2.75, 3.05) is 11.9 Å². The van der Waals surface area contributed by atoms with Gasteiger partial charge in [-0.15, -0.1) is 0 Å². The number of hydrogen-bond donors (Lipinski definition) is 2. The molecule has 1 atom stereocenters. The number of nitrogens with one attached hydrogen (secondary N) is 1. The molecule has 0 aliphatic heterocycles. The second-order valence-corrected chi connectivity index (χ2v) is 5.21. The molecular formula is C15H17N5O. The summed E-state index contributed by atoms with van der Waals surface area (Å²) in [7, 11) is 1.83. The Hall–Kier alpha value is -2.47. The standard InChI is InChI=1S/C15H17N5O/c1-15(9-21,11-6-4-3-5-7-11)19-13-12-8-18-20(2)14(12)17-10-16-13/h3-8,10,21H,9H2,1-2H3,(H,16,17,19). The van der Waals surface area contributed by atoms with Crippen LogP contribution in [-0.2, 0) is 12.6 Å². The predicted octanol–water partition coefficient (Wildman–Crippen LogP) is 1.68.